The standard InChI is InChI=1S/C18H12BrN3O4/c19-14-7-13(8-20-9-14)17(23)22-21-10-15-4-5-16(26-15)11-2-1-3-12(6-11)18(24)25/h1-10H,(H,22,23)(H,24,25)/b21-10-. The summed E-state index contributed by atoms with van der Waals surface area (Å²) in [7, 11) is 0. The monoisotopic (exact) mass is 413 g/mol. The number of halogens is 1. The maximum atomic E-state index is 11.9. The molecule has 26 heavy (non-hydrogen) atoms. The van der Waals surface area contributed by atoms with Crippen molar-refractivity contribution in [3.05, 3.63) is 76.2 Å². The molecule has 0 spiro atoms. The second kappa shape index (κ2) is 7.75. The summed E-state index contributed by atoms with van der Waals surface area (Å²) >= 11 is 3.24. The van der Waals surface area contributed by atoms with Crippen molar-refractivity contribution in [2.45, 2.75) is 0 Å². The van der Waals surface area contributed by atoms with Crippen LogP contribution in [0.1, 0.15) is 26.5 Å². The fraction of sp³-hybridized carbons (Fsp3) is 0. The number of hydrazone groups is 1. The summed E-state index contributed by atoms with van der Waals surface area (Å²) in [6, 6.07) is 11.4. The average Bonchev–Trinajstić information content (AvgIpc) is 3.10. The van der Waals surface area contributed by atoms with E-state index in [1.807, 2.05) is 0 Å². The number of carboxylic acid groups (broad SMARTS) is 1. The lowest BCUT2D eigenvalue weighted by molar-refractivity contribution is 0.0696. The fourth-order valence-electron chi connectivity index (χ4n) is 2.14. The first kappa shape index (κ1) is 17.6. The SMILES string of the molecule is O=C(O)c1cccc(-c2ccc(/C=N\NC(=O)c3cncc(Br)c3)o2)c1. The number of furan rings is 1. The highest BCUT2D eigenvalue weighted by molar-refractivity contribution is 9.10. The van der Waals surface area contributed by atoms with E-state index in [9.17, 15) is 9.59 Å². The van der Waals surface area contributed by atoms with Gasteiger partial charge in [0.25, 0.3) is 5.91 Å². The van der Waals surface area contributed by atoms with Crippen LogP contribution < -0.4 is 5.43 Å². The van der Waals surface area contributed by atoms with Crippen LogP contribution in [0.25, 0.3) is 11.3 Å². The van der Waals surface area contributed by atoms with Crippen LogP contribution in [0.4, 0.5) is 0 Å². The minimum atomic E-state index is -1.01. The fourth-order valence-corrected chi connectivity index (χ4v) is 2.50. The Morgan fingerprint density at radius 3 is 2.77 bits per heavy atom. The van der Waals surface area contributed by atoms with E-state index >= 15 is 0 Å². The molecule has 2 heterocycles. The van der Waals surface area contributed by atoms with Crippen LogP contribution in [0.2, 0.25) is 0 Å². The number of hydrogen-bond donors (Lipinski definition) is 2. The van der Waals surface area contributed by atoms with Crippen molar-refractivity contribution < 1.29 is 19.1 Å². The number of pyridine rings is 1. The van der Waals surface area contributed by atoms with Crippen LogP contribution in [-0.4, -0.2) is 28.2 Å². The summed E-state index contributed by atoms with van der Waals surface area (Å²) in [5.74, 6) is -0.508. The summed E-state index contributed by atoms with van der Waals surface area (Å²) in [6.07, 6.45) is 4.35. The maximum Gasteiger partial charge on any atom is 0.335 e. The van der Waals surface area contributed by atoms with Crippen molar-refractivity contribution in [1.29, 1.82) is 0 Å². The number of hydrogen-bond acceptors (Lipinski definition) is 5. The Balaban J connectivity index is 1.68. The first-order valence-electron chi connectivity index (χ1n) is 7.40. The highest BCUT2D eigenvalue weighted by atomic mass is 79.9. The first-order chi connectivity index (χ1) is 12.5. The van der Waals surface area contributed by atoms with Crippen molar-refractivity contribution >= 4 is 34.0 Å². The molecular weight excluding hydrogens is 402 g/mol. The number of aromatic carboxylic acids is 1. The van der Waals surface area contributed by atoms with E-state index in [2.05, 4.69) is 31.4 Å². The summed E-state index contributed by atoms with van der Waals surface area (Å²) in [4.78, 5) is 26.9. The van der Waals surface area contributed by atoms with E-state index in [1.54, 1.807) is 36.5 Å². The molecule has 0 aliphatic carbocycles. The lowest BCUT2D eigenvalue weighted by Gasteiger charge is -1.99. The molecule has 2 N–H and O–H groups in total. The van der Waals surface area contributed by atoms with Gasteiger partial charge in [-0.05, 0) is 46.3 Å². The van der Waals surface area contributed by atoms with E-state index in [0.29, 0.717) is 27.1 Å². The lowest BCUT2D eigenvalue weighted by atomic mass is 10.1. The van der Waals surface area contributed by atoms with E-state index in [-0.39, 0.29) is 5.56 Å². The molecule has 0 bridgehead atoms. The molecule has 0 radical (unpaired) electrons. The van der Waals surface area contributed by atoms with Gasteiger partial charge in [0.1, 0.15) is 11.5 Å². The zero-order chi connectivity index (χ0) is 18.5. The Morgan fingerprint density at radius 1 is 1.15 bits per heavy atom. The largest absolute Gasteiger partial charge is 0.478 e. The van der Waals surface area contributed by atoms with Gasteiger partial charge in [-0.15, -0.1) is 0 Å². The third kappa shape index (κ3) is 4.22. The third-order valence-corrected chi connectivity index (χ3v) is 3.78. The zero-order valence-corrected chi connectivity index (χ0v) is 14.8. The van der Waals surface area contributed by atoms with Crippen LogP contribution in [0, 0.1) is 0 Å². The normalized spacial score (nSPS) is 10.8. The summed E-state index contributed by atoms with van der Waals surface area (Å²) < 4.78 is 6.29. The molecule has 1 aromatic carbocycles. The number of aromatic nitrogens is 1. The smallest absolute Gasteiger partial charge is 0.335 e. The molecule has 0 saturated carbocycles. The minimum Gasteiger partial charge on any atom is -0.478 e. The Bertz CT molecular complexity index is 997. The molecule has 0 fully saturated rings. The van der Waals surface area contributed by atoms with Crippen LogP contribution >= 0.6 is 15.9 Å². The Kier molecular flexibility index (Phi) is 5.23. The number of carbonyl (C=O) groups is 2. The predicted molar refractivity (Wildman–Crippen MR) is 98.1 cm³/mol. The number of carbonyl (C=O) groups excluding carboxylic acids is 1. The Hall–Kier alpha value is -3.26. The van der Waals surface area contributed by atoms with Gasteiger partial charge in [0.2, 0.25) is 0 Å². The van der Waals surface area contributed by atoms with E-state index < -0.39 is 11.9 Å². The van der Waals surface area contributed by atoms with Crippen molar-refractivity contribution in [2.75, 3.05) is 0 Å². The molecule has 0 unspecified atom stereocenters. The van der Waals surface area contributed by atoms with Crippen molar-refractivity contribution in [2.24, 2.45) is 5.10 Å². The van der Waals surface area contributed by atoms with Crippen molar-refractivity contribution in [3.63, 3.8) is 0 Å². The van der Waals surface area contributed by atoms with E-state index in [0.717, 1.165) is 0 Å². The molecular formula is C18H12BrN3O4. The second-order valence-corrected chi connectivity index (χ2v) is 6.09. The highest BCUT2D eigenvalue weighted by Crippen LogP contribution is 2.22. The summed E-state index contributed by atoms with van der Waals surface area (Å²) in [5, 5.41) is 12.9. The van der Waals surface area contributed by atoms with Gasteiger partial charge in [-0.3, -0.25) is 9.78 Å². The quantitative estimate of drug-likeness (QED) is 0.491. The molecule has 7 nitrogen and oxygen atoms in total. The molecule has 8 heteroatoms. The van der Waals surface area contributed by atoms with Gasteiger partial charge in [0.15, 0.2) is 0 Å². The number of benzene rings is 1. The predicted octanol–water partition coefficient (Wildman–Crippen LogP) is 3.57. The van der Waals surface area contributed by atoms with Gasteiger partial charge in [-0.25, -0.2) is 10.2 Å². The summed E-state index contributed by atoms with van der Waals surface area (Å²) in [5.41, 5.74) is 3.55. The van der Waals surface area contributed by atoms with E-state index in [1.165, 1.54) is 24.5 Å². The van der Waals surface area contributed by atoms with Crippen LogP contribution in [0.5, 0.6) is 0 Å². The molecule has 3 rings (SSSR count). The third-order valence-electron chi connectivity index (χ3n) is 3.35. The summed E-state index contributed by atoms with van der Waals surface area (Å²) in [6.45, 7) is 0. The maximum absolute atomic E-state index is 11.9. The van der Waals surface area contributed by atoms with Gasteiger partial charge in [-0.1, -0.05) is 12.1 Å². The van der Waals surface area contributed by atoms with Gasteiger partial charge in [0, 0.05) is 22.4 Å². The van der Waals surface area contributed by atoms with Crippen LogP contribution in [0.15, 0.2) is 68.8 Å². The van der Waals surface area contributed by atoms with Crippen molar-refractivity contribution in [1.82, 2.24) is 10.4 Å². The first-order valence-corrected chi connectivity index (χ1v) is 8.20. The lowest BCUT2D eigenvalue weighted by Crippen LogP contribution is -2.17. The highest BCUT2D eigenvalue weighted by Gasteiger charge is 2.08. The topological polar surface area (TPSA) is 105 Å². The number of rotatable bonds is 5. The Labute approximate surface area is 156 Å². The molecule has 0 saturated heterocycles. The van der Waals surface area contributed by atoms with Crippen LogP contribution in [-0.2, 0) is 0 Å². The van der Waals surface area contributed by atoms with E-state index in [4.69, 9.17) is 9.52 Å². The number of nitrogens with one attached hydrogen (secondary N) is 1. The number of amides is 1. The Morgan fingerprint density at radius 2 is 2.00 bits per heavy atom. The average molecular weight is 414 g/mol. The second-order valence-electron chi connectivity index (χ2n) is 5.18. The molecule has 1 amide bonds. The van der Waals surface area contributed by atoms with Crippen molar-refractivity contribution in [3.8, 4) is 11.3 Å². The molecule has 0 aliphatic rings. The zero-order valence-electron chi connectivity index (χ0n) is 13.2. The van der Waals surface area contributed by atoms with Gasteiger partial charge in [-0.2, -0.15) is 5.10 Å². The molecule has 0 atom stereocenters. The molecule has 2 aromatic heterocycles. The molecule has 3 aromatic rings. The number of nitrogens with zero attached hydrogens (tertiary/aromatic N) is 2. The van der Waals surface area contributed by atoms with Gasteiger partial charge in [0.05, 0.1) is 17.3 Å². The molecule has 130 valence electrons. The van der Waals surface area contributed by atoms with Gasteiger partial charge >= 0.3 is 5.97 Å². The minimum absolute atomic E-state index is 0.170. The molecule has 0 aliphatic heterocycles. The number of carboxylic acids is 1. The van der Waals surface area contributed by atoms with Crippen LogP contribution in [0.3, 0.4) is 0 Å². The van der Waals surface area contributed by atoms with Gasteiger partial charge < -0.3 is 9.52 Å².